The average molecular weight is 345 g/mol. The molecule has 2 rings (SSSR count). The summed E-state index contributed by atoms with van der Waals surface area (Å²) >= 11 is 0. The van der Waals surface area contributed by atoms with E-state index in [1.165, 1.54) is 36.8 Å². The normalized spacial score (nSPS) is 33.4. The summed E-state index contributed by atoms with van der Waals surface area (Å²) in [6.45, 7) is 10.8. The minimum atomic E-state index is -0.207. The molecule has 1 N–H and O–H groups in total. The first kappa shape index (κ1) is 20.2. The standard InChI is InChI=1S/C23H36O2/c1-16(19(4)15-24)9-13-23-18(3)6-5-7-20(23)10-11-21-14-22(25)12-8-17(21)2/h10-11,15-16,18-19,22-23,25H,2,5-9,12-14H2,1,3-4H3/b20-10+,21-11-/t16?,18-,19-,22+,23-/m1/s1. The fraction of sp³-hybridized carbons (Fsp3) is 0.696. The monoisotopic (exact) mass is 344 g/mol. The second-order valence-electron chi connectivity index (χ2n) is 8.46. The van der Waals surface area contributed by atoms with Crippen molar-refractivity contribution in [2.24, 2.45) is 23.7 Å². The number of hydrogen-bond donors (Lipinski definition) is 1. The zero-order chi connectivity index (χ0) is 18.4. The number of aldehydes is 1. The highest BCUT2D eigenvalue weighted by atomic mass is 16.3. The third kappa shape index (κ3) is 5.67. The molecule has 2 heteroatoms. The molecule has 0 spiro atoms. The second kappa shape index (κ2) is 9.52. The van der Waals surface area contributed by atoms with E-state index in [1.807, 2.05) is 6.92 Å². The zero-order valence-electron chi connectivity index (χ0n) is 16.3. The number of rotatable bonds is 6. The van der Waals surface area contributed by atoms with E-state index in [0.717, 1.165) is 37.9 Å². The van der Waals surface area contributed by atoms with Gasteiger partial charge in [0.25, 0.3) is 0 Å². The summed E-state index contributed by atoms with van der Waals surface area (Å²) in [5.74, 6) is 1.96. The first-order chi connectivity index (χ1) is 11.9. The molecule has 2 aliphatic rings. The lowest BCUT2D eigenvalue weighted by atomic mass is 9.73. The Kier molecular flexibility index (Phi) is 7.68. The van der Waals surface area contributed by atoms with Gasteiger partial charge in [-0.3, -0.25) is 0 Å². The van der Waals surface area contributed by atoms with Crippen molar-refractivity contribution in [3.05, 3.63) is 35.5 Å². The van der Waals surface area contributed by atoms with Crippen molar-refractivity contribution < 1.29 is 9.90 Å². The first-order valence-electron chi connectivity index (χ1n) is 10.1. The van der Waals surface area contributed by atoms with Crippen molar-refractivity contribution in [3.8, 4) is 0 Å². The largest absolute Gasteiger partial charge is 0.393 e. The van der Waals surface area contributed by atoms with Crippen LogP contribution in [0.25, 0.3) is 0 Å². The van der Waals surface area contributed by atoms with Crippen LogP contribution in [0.1, 0.15) is 72.1 Å². The third-order valence-corrected chi connectivity index (χ3v) is 6.52. The summed E-state index contributed by atoms with van der Waals surface area (Å²) in [4.78, 5) is 11.0. The molecule has 2 saturated carbocycles. The molecule has 0 heterocycles. The van der Waals surface area contributed by atoms with E-state index in [4.69, 9.17) is 0 Å². The smallest absolute Gasteiger partial charge is 0.123 e. The van der Waals surface area contributed by atoms with Gasteiger partial charge in [-0.05, 0) is 74.7 Å². The number of carbonyl (C=O) groups is 1. The number of aliphatic hydroxyl groups is 1. The van der Waals surface area contributed by atoms with Crippen molar-refractivity contribution >= 4 is 6.29 Å². The van der Waals surface area contributed by atoms with Crippen LogP contribution < -0.4 is 0 Å². The van der Waals surface area contributed by atoms with E-state index in [9.17, 15) is 9.90 Å². The van der Waals surface area contributed by atoms with E-state index < -0.39 is 0 Å². The summed E-state index contributed by atoms with van der Waals surface area (Å²) in [7, 11) is 0. The number of allylic oxidation sites excluding steroid dienone is 4. The van der Waals surface area contributed by atoms with Gasteiger partial charge in [-0.2, -0.15) is 0 Å². The Hall–Kier alpha value is -1.15. The Morgan fingerprint density at radius 1 is 1.24 bits per heavy atom. The van der Waals surface area contributed by atoms with Crippen molar-refractivity contribution in [2.75, 3.05) is 0 Å². The van der Waals surface area contributed by atoms with Crippen LogP contribution in [0, 0.1) is 23.7 Å². The lowest BCUT2D eigenvalue weighted by Crippen LogP contribution is -2.21. The third-order valence-electron chi connectivity index (χ3n) is 6.52. The predicted octanol–water partition coefficient (Wildman–Crippen LogP) is 5.63. The Bertz CT molecular complexity index is 528. The lowest BCUT2D eigenvalue weighted by Gasteiger charge is -2.33. The Morgan fingerprint density at radius 3 is 2.72 bits per heavy atom. The molecule has 0 aromatic rings. The molecule has 0 radical (unpaired) electrons. The Morgan fingerprint density at radius 2 is 2.00 bits per heavy atom. The maximum atomic E-state index is 11.0. The second-order valence-corrected chi connectivity index (χ2v) is 8.46. The highest BCUT2D eigenvalue weighted by molar-refractivity contribution is 5.53. The van der Waals surface area contributed by atoms with Crippen LogP contribution in [0.5, 0.6) is 0 Å². The minimum absolute atomic E-state index is 0.153. The molecule has 140 valence electrons. The zero-order valence-corrected chi connectivity index (χ0v) is 16.3. The molecule has 0 saturated heterocycles. The average Bonchev–Trinajstić information content (AvgIpc) is 2.60. The van der Waals surface area contributed by atoms with Crippen LogP contribution >= 0.6 is 0 Å². The van der Waals surface area contributed by atoms with Crippen molar-refractivity contribution in [1.29, 1.82) is 0 Å². The summed E-state index contributed by atoms with van der Waals surface area (Å²) < 4.78 is 0. The Balaban J connectivity index is 2.07. The molecule has 0 amide bonds. The molecule has 2 nitrogen and oxygen atoms in total. The van der Waals surface area contributed by atoms with Gasteiger partial charge in [0, 0.05) is 5.92 Å². The highest BCUT2D eigenvalue weighted by Gasteiger charge is 2.26. The summed E-state index contributed by atoms with van der Waals surface area (Å²) in [5.41, 5.74) is 3.98. The van der Waals surface area contributed by atoms with Gasteiger partial charge in [-0.25, -0.2) is 0 Å². The topological polar surface area (TPSA) is 37.3 Å². The molecular weight excluding hydrogens is 308 g/mol. The molecule has 5 atom stereocenters. The first-order valence-corrected chi connectivity index (χ1v) is 10.1. The van der Waals surface area contributed by atoms with Gasteiger partial charge < -0.3 is 9.90 Å². The van der Waals surface area contributed by atoms with E-state index in [1.54, 1.807) is 5.57 Å². The summed E-state index contributed by atoms with van der Waals surface area (Å²) in [6, 6.07) is 0. The van der Waals surface area contributed by atoms with Gasteiger partial charge in [0.1, 0.15) is 6.29 Å². The molecule has 0 aromatic heterocycles. The fourth-order valence-corrected chi connectivity index (χ4v) is 4.29. The van der Waals surface area contributed by atoms with Gasteiger partial charge in [0.15, 0.2) is 0 Å². The van der Waals surface area contributed by atoms with E-state index >= 15 is 0 Å². The molecule has 25 heavy (non-hydrogen) atoms. The molecule has 2 fully saturated rings. The van der Waals surface area contributed by atoms with Crippen LogP contribution in [0.2, 0.25) is 0 Å². The summed E-state index contributed by atoms with van der Waals surface area (Å²) in [6.07, 6.45) is 14.0. The van der Waals surface area contributed by atoms with Crippen molar-refractivity contribution in [2.45, 2.75) is 78.2 Å². The van der Waals surface area contributed by atoms with Crippen LogP contribution in [0.3, 0.4) is 0 Å². The number of aliphatic hydroxyl groups excluding tert-OH is 1. The highest BCUT2D eigenvalue weighted by Crippen LogP contribution is 2.39. The van der Waals surface area contributed by atoms with Gasteiger partial charge >= 0.3 is 0 Å². The molecule has 2 aliphatic carbocycles. The quantitative estimate of drug-likeness (QED) is 0.634. The maximum absolute atomic E-state index is 11.0. The molecular formula is C23H36O2. The predicted molar refractivity (Wildman–Crippen MR) is 105 cm³/mol. The van der Waals surface area contributed by atoms with E-state index in [-0.39, 0.29) is 12.0 Å². The van der Waals surface area contributed by atoms with Crippen LogP contribution in [0.15, 0.2) is 35.5 Å². The van der Waals surface area contributed by atoms with Crippen LogP contribution in [-0.2, 0) is 4.79 Å². The van der Waals surface area contributed by atoms with Crippen molar-refractivity contribution in [3.63, 3.8) is 0 Å². The van der Waals surface area contributed by atoms with Crippen LogP contribution in [0.4, 0.5) is 0 Å². The summed E-state index contributed by atoms with van der Waals surface area (Å²) in [5, 5.41) is 9.92. The van der Waals surface area contributed by atoms with E-state index in [0.29, 0.717) is 11.8 Å². The van der Waals surface area contributed by atoms with E-state index in [2.05, 4.69) is 32.6 Å². The maximum Gasteiger partial charge on any atom is 0.123 e. The van der Waals surface area contributed by atoms with Crippen molar-refractivity contribution in [1.82, 2.24) is 0 Å². The molecule has 0 aromatic carbocycles. The molecule has 1 unspecified atom stereocenters. The SMILES string of the molecule is C=C1CC[C@H](O)C/C1=C/C=C1\CCC[C@@H](C)[C@H]1CCC(C)[C@H](C)C=O. The van der Waals surface area contributed by atoms with Gasteiger partial charge in [0.2, 0.25) is 0 Å². The fourth-order valence-electron chi connectivity index (χ4n) is 4.29. The number of hydrogen-bond acceptors (Lipinski definition) is 2. The Labute approximate surface area is 154 Å². The molecule has 0 bridgehead atoms. The van der Waals surface area contributed by atoms with Crippen LogP contribution in [-0.4, -0.2) is 17.5 Å². The number of carbonyl (C=O) groups excluding carboxylic acids is 1. The van der Waals surface area contributed by atoms with Gasteiger partial charge in [-0.15, -0.1) is 0 Å². The van der Waals surface area contributed by atoms with Gasteiger partial charge in [0.05, 0.1) is 6.10 Å². The molecule has 0 aliphatic heterocycles. The minimum Gasteiger partial charge on any atom is -0.393 e. The lowest BCUT2D eigenvalue weighted by molar-refractivity contribution is -0.111. The van der Waals surface area contributed by atoms with Gasteiger partial charge in [-0.1, -0.05) is 50.6 Å².